The van der Waals surface area contributed by atoms with Crippen LogP contribution < -0.4 is 0 Å². The Kier molecular flexibility index (Phi) is 11.9. The van der Waals surface area contributed by atoms with Gasteiger partial charge in [-0.15, -0.1) is 0 Å². The van der Waals surface area contributed by atoms with Gasteiger partial charge in [0.25, 0.3) is 20.0 Å². The van der Waals surface area contributed by atoms with Crippen molar-refractivity contribution in [1.82, 2.24) is 22.8 Å². The Bertz CT molecular complexity index is 2370. The molecule has 17 heteroatoms. The third-order valence-corrected chi connectivity index (χ3v) is 11.0. The molecule has 0 spiro atoms. The van der Waals surface area contributed by atoms with Crippen LogP contribution in [0.5, 0.6) is 0 Å². The fraction of sp³-hybridized carbons (Fsp3) is 0.0811. The van der Waals surface area contributed by atoms with Crippen LogP contribution in [-0.4, -0.2) is 68.8 Å². The molecule has 0 aliphatic rings. The number of halogens is 2. The normalized spacial score (nSPS) is 11.7. The smallest absolute Gasteiger partial charge is 0.328 e. The zero-order chi connectivity index (χ0) is 39.0. The summed E-state index contributed by atoms with van der Waals surface area (Å²) in [5.41, 5.74) is 1.61. The number of carboxylic acids is 2. The van der Waals surface area contributed by atoms with Gasteiger partial charge in [0.05, 0.1) is 11.4 Å². The average molecular weight is 776 g/mol. The van der Waals surface area contributed by atoms with E-state index in [1.165, 1.54) is 97.8 Å². The second kappa shape index (κ2) is 16.6. The Balaban J connectivity index is 0.000000631. The number of aliphatic carboxylic acids is 2. The van der Waals surface area contributed by atoms with Crippen molar-refractivity contribution >= 4 is 32.0 Å². The third-order valence-electron chi connectivity index (χ3n) is 7.64. The molecule has 0 unspecified atom stereocenters. The molecule has 6 aromatic rings. The summed E-state index contributed by atoms with van der Waals surface area (Å²) in [6, 6.07) is 20.8. The summed E-state index contributed by atoms with van der Waals surface area (Å²) >= 11 is 0. The highest BCUT2D eigenvalue weighted by atomic mass is 32.2. The Morgan fingerprint density at radius 2 is 1.06 bits per heavy atom. The van der Waals surface area contributed by atoms with Gasteiger partial charge >= 0.3 is 11.9 Å². The number of hydrogen-bond donors (Lipinski definition) is 2. The Hall–Kier alpha value is -6.30. The quantitative estimate of drug-likeness (QED) is 0.150. The van der Waals surface area contributed by atoms with E-state index in [-0.39, 0.29) is 45.4 Å². The molecule has 4 heterocycles. The molecule has 0 bridgehead atoms. The van der Waals surface area contributed by atoms with Crippen LogP contribution in [0, 0.1) is 11.6 Å². The number of carbonyl (C=O) groups is 2. The highest BCUT2D eigenvalue weighted by Crippen LogP contribution is 2.31. The molecule has 6 rings (SSSR count). The van der Waals surface area contributed by atoms with Gasteiger partial charge in [-0.05, 0) is 78.8 Å². The summed E-state index contributed by atoms with van der Waals surface area (Å²) in [5.74, 6) is -3.68. The molecule has 13 nitrogen and oxygen atoms in total. The van der Waals surface area contributed by atoms with Crippen LogP contribution in [0.15, 0.2) is 144 Å². The number of carboxylic acid groups (broad SMARTS) is 2. The van der Waals surface area contributed by atoms with Crippen molar-refractivity contribution in [2.24, 2.45) is 0 Å². The first-order valence-electron chi connectivity index (χ1n) is 15.7. The lowest BCUT2D eigenvalue weighted by Crippen LogP contribution is -2.17. The first kappa shape index (κ1) is 38.9. The Labute approximate surface area is 308 Å². The van der Waals surface area contributed by atoms with Crippen LogP contribution in [-0.2, 0) is 42.7 Å². The maximum Gasteiger partial charge on any atom is 0.328 e. The van der Waals surface area contributed by atoms with E-state index in [0.29, 0.717) is 23.3 Å². The van der Waals surface area contributed by atoms with E-state index in [2.05, 4.69) is 9.97 Å². The van der Waals surface area contributed by atoms with Crippen molar-refractivity contribution < 1.29 is 45.4 Å². The molecule has 0 saturated heterocycles. The molecule has 2 aromatic carbocycles. The van der Waals surface area contributed by atoms with E-state index < -0.39 is 43.6 Å². The maximum atomic E-state index is 14.9. The van der Waals surface area contributed by atoms with Gasteiger partial charge < -0.3 is 10.2 Å². The summed E-state index contributed by atoms with van der Waals surface area (Å²) in [6.45, 7) is 0.430. The van der Waals surface area contributed by atoms with Crippen LogP contribution in [0.1, 0.15) is 11.1 Å². The molecule has 0 aliphatic carbocycles. The van der Waals surface area contributed by atoms with Crippen LogP contribution in [0.2, 0.25) is 0 Å². The second-order valence-corrected chi connectivity index (χ2v) is 15.2. The molecule has 0 atom stereocenters. The van der Waals surface area contributed by atoms with E-state index in [4.69, 9.17) is 10.2 Å². The fourth-order valence-electron chi connectivity index (χ4n) is 5.34. The minimum atomic E-state index is -4.13. The zero-order valence-corrected chi connectivity index (χ0v) is 29.9. The monoisotopic (exact) mass is 775 g/mol. The first-order valence-corrected chi connectivity index (χ1v) is 18.6. The van der Waals surface area contributed by atoms with Crippen molar-refractivity contribution in [3.05, 3.63) is 157 Å². The van der Waals surface area contributed by atoms with Gasteiger partial charge in [-0.2, -0.15) is 0 Å². The molecular weight excluding hydrogens is 745 g/mol. The minimum Gasteiger partial charge on any atom is -0.478 e. The van der Waals surface area contributed by atoms with Crippen LogP contribution in [0.25, 0.3) is 22.5 Å². The molecule has 2 N–H and O–H groups in total. The average Bonchev–Trinajstić information content (AvgIpc) is 3.77. The van der Waals surface area contributed by atoms with E-state index in [1.807, 2.05) is 4.90 Å². The number of hydrogen-bond acceptors (Lipinski definition) is 9. The van der Waals surface area contributed by atoms with Gasteiger partial charge in [0.1, 0.15) is 21.4 Å². The summed E-state index contributed by atoms with van der Waals surface area (Å²) in [4.78, 5) is 28.7. The number of rotatable bonds is 12. The topological polar surface area (TPSA) is 182 Å². The molecule has 0 saturated carbocycles. The molecule has 0 radical (unpaired) electrons. The first-order chi connectivity index (χ1) is 25.7. The van der Waals surface area contributed by atoms with Gasteiger partial charge in [0.15, 0.2) is 0 Å². The number of benzene rings is 2. The van der Waals surface area contributed by atoms with Crippen molar-refractivity contribution in [2.75, 3.05) is 7.05 Å². The van der Waals surface area contributed by atoms with Gasteiger partial charge in [-0.3, -0.25) is 14.9 Å². The van der Waals surface area contributed by atoms with Crippen LogP contribution in [0.4, 0.5) is 8.78 Å². The van der Waals surface area contributed by atoms with Crippen molar-refractivity contribution in [3.8, 4) is 22.5 Å². The highest BCUT2D eigenvalue weighted by molar-refractivity contribution is 7.90. The second-order valence-electron chi connectivity index (χ2n) is 11.6. The summed E-state index contributed by atoms with van der Waals surface area (Å²) < 4.78 is 86.5. The van der Waals surface area contributed by atoms with Gasteiger partial charge in [-0.1, -0.05) is 24.3 Å². The molecular formula is C37H31F2N5O8S2. The molecule has 54 heavy (non-hydrogen) atoms. The lowest BCUT2D eigenvalue weighted by Gasteiger charge is -2.14. The van der Waals surface area contributed by atoms with Gasteiger partial charge in [0, 0.05) is 73.5 Å². The highest BCUT2D eigenvalue weighted by Gasteiger charge is 2.26. The summed E-state index contributed by atoms with van der Waals surface area (Å²) in [5, 5.41) is 15.6. The maximum absolute atomic E-state index is 14.9. The van der Waals surface area contributed by atoms with Crippen molar-refractivity contribution in [1.29, 1.82) is 0 Å². The van der Waals surface area contributed by atoms with Crippen molar-refractivity contribution in [2.45, 2.75) is 22.9 Å². The standard InChI is InChI=1S/C33H27F2N5O4S2.C4H4O4/c1-38(20-24-16-32(28-10-2-4-12-30(28)34)39(22-24)45(41,42)26-8-6-14-36-18-26)21-25-17-33(29-11-3-5-13-31(29)35)40(23-25)46(43,44)27-9-7-15-37-19-27;5-3(6)1-2-4(7)8/h2-19,22-23H,20-21H2,1H3;1-2H,(H,5,6)(H,7,8)/b;2-1+. The van der Waals surface area contributed by atoms with Gasteiger partial charge in [-0.25, -0.2) is 43.2 Å². The molecule has 0 fully saturated rings. The molecule has 0 amide bonds. The van der Waals surface area contributed by atoms with E-state index in [9.17, 15) is 35.2 Å². The summed E-state index contributed by atoms with van der Waals surface area (Å²) in [6.07, 6.45) is 9.35. The third kappa shape index (κ3) is 9.00. The molecule has 278 valence electrons. The van der Waals surface area contributed by atoms with Crippen LogP contribution in [0.3, 0.4) is 0 Å². The number of nitrogens with zero attached hydrogens (tertiary/aromatic N) is 5. The Morgan fingerprint density at radius 3 is 1.39 bits per heavy atom. The van der Waals surface area contributed by atoms with E-state index in [1.54, 1.807) is 31.3 Å². The number of pyridine rings is 2. The van der Waals surface area contributed by atoms with E-state index in [0.717, 1.165) is 7.94 Å². The van der Waals surface area contributed by atoms with Gasteiger partial charge in [0.2, 0.25) is 0 Å². The Morgan fingerprint density at radius 1 is 0.667 bits per heavy atom. The SMILES string of the molecule is CN(Cc1cc(-c2ccccc2F)n(S(=O)(=O)c2cccnc2)c1)Cc1cc(-c2ccccc2F)n(S(=O)(=O)c2cccnc2)c1.O=C(O)/C=C/C(=O)O. The molecule has 0 aliphatic heterocycles. The lowest BCUT2D eigenvalue weighted by molar-refractivity contribution is -0.134. The largest absolute Gasteiger partial charge is 0.478 e. The number of aromatic nitrogens is 4. The predicted molar refractivity (Wildman–Crippen MR) is 193 cm³/mol. The van der Waals surface area contributed by atoms with Crippen molar-refractivity contribution in [3.63, 3.8) is 0 Å². The predicted octanol–water partition coefficient (Wildman–Crippen LogP) is 5.51. The van der Waals surface area contributed by atoms with E-state index >= 15 is 0 Å². The zero-order valence-electron chi connectivity index (χ0n) is 28.3. The minimum absolute atomic E-state index is 0.0556. The molecule has 4 aromatic heterocycles. The van der Waals surface area contributed by atoms with Crippen LogP contribution >= 0.6 is 0 Å². The lowest BCUT2D eigenvalue weighted by atomic mass is 10.1. The summed E-state index contributed by atoms with van der Waals surface area (Å²) in [7, 11) is -6.49. The fourth-order valence-corrected chi connectivity index (χ4v) is 8.05.